The topological polar surface area (TPSA) is 104 Å². The van der Waals surface area contributed by atoms with Crippen molar-refractivity contribution in [3.8, 4) is 22.8 Å². The minimum Gasteiger partial charge on any atom is -0.497 e. The van der Waals surface area contributed by atoms with Crippen LogP contribution in [0.4, 0.5) is 5.95 Å². The van der Waals surface area contributed by atoms with Crippen molar-refractivity contribution >= 4 is 29.0 Å². The number of rotatable bonds is 10. The molecule has 0 fully saturated rings. The number of aromatic nitrogens is 5. The van der Waals surface area contributed by atoms with E-state index in [1.165, 1.54) is 4.52 Å². The summed E-state index contributed by atoms with van der Waals surface area (Å²) in [5, 5.41) is 4.49. The lowest BCUT2D eigenvalue weighted by atomic mass is 10.1. The van der Waals surface area contributed by atoms with Crippen LogP contribution in [0.1, 0.15) is 28.5 Å². The van der Waals surface area contributed by atoms with Gasteiger partial charge in [0.2, 0.25) is 5.95 Å². The molecule has 0 unspecified atom stereocenters. The summed E-state index contributed by atoms with van der Waals surface area (Å²) < 4.78 is 17.1. The Bertz CT molecular complexity index is 1560. The van der Waals surface area contributed by atoms with Gasteiger partial charge in [0.15, 0.2) is 10.8 Å². The van der Waals surface area contributed by atoms with Gasteiger partial charge in [0, 0.05) is 37.1 Å². The Labute approximate surface area is 236 Å². The van der Waals surface area contributed by atoms with Crippen LogP contribution in [-0.4, -0.2) is 51.4 Å². The summed E-state index contributed by atoms with van der Waals surface area (Å²) in [5.41, 5.74) is 3.97. The van der Waals surface area contributed by atoms with Gasteiger partial charge in [-0.25, -0.2) is 24.3 Å². The van der Waals surface area contributed by atoms with Crippen LogP contribution < -0.4 is 14.4 Å². The third kappa shape index (κ3) is 5.97. The van der Waals surface area contributed by atoms with E-state index in [2.05, 4.69) is 25.0 Å². The van der Waals surface area contributed by atoms with Crippen LogP contribution in [0.3, 0.4) is 0 Å². The summed E-state index contributed by atoms with van der Waals surface area (Å²) in [4.78, 5) is 28.0. The smallest absolute Gasteiger partial charge is 0.358 e. The zero-order valence-electron chi connectivity index (χ0n) is 22.2. The van der Waals surface area contributed by atoms with Crippen LogP contribution in [0.5, 0.6) is 11.5 Å². The van der Waals surface area contributed by atoms with E-state index in [0.717, 1.165) is 22.6 Å². The molecule has 0 atom stereocenters. The molecule has 10 nitrogen and oxygen atoms in total. The second-order valence-corrected chi connectivity index (χ2v) is 9.18. The van der Waals surface area contributed by atoms with Crippen molar-refractivity contribution in [3.63, 3.8) is 0 Å². The molecule has 5 aromatic rings. The second-order valence-electron chi connectivity index (χ2n) is 8.82. The van der Waals surface area contributed by atoms with Crippen LogP contribution in [0.15, 0.2) is 73.2 Å². The summed E-state index contributed by atoms with van der Waals surface area (Å²) in [7, 11) is 3.29. The molecule has 0 aliphatic rings. The predicted molar refractivity (Wildman–Crippen MR) is 151 cm³/mol. The molecule has 204 valence electrons. The summed E-state index contributed by atoms with van der Waals surface area (Å²) in [5.74, 6) is 1.61. The molecule has 0 aliphatic carbocycles. The zero-order valence-corrected chi connectivity index (χ0v) is 23.0. The first kappa shape index (κ1) is 26.9. The number of nitrogens with zero attached hydrogens (tertiary/aromatic N) is 6. The first-order valence-electron chi connectivity index (χ1n) is 12.5. The second kappa shape index (κ2) is 12.0. The fraction of sp³-hybridized carbons (Fsp3) is 0.207. The number of carbonyl (C=O) groups is 1. The number of methoxy groups -OCH3 is 2. The quantitative estimate of drug-likeness (QED) is 0.213. The average Bonchev–Trinajstić information content (AvgIpc) is 3.43. The number of ether oxygens (including phenoxy) is 3. The molecule has 0 spiro atoms. The fourth-order valence-electron chi connectivity index (χ4n) is 4.12. The Hall–Kier alpha value is -4.70. The molecular weight excluding hydrogens is 532 g/mol. The van der Waals surface area contributed by atoms with Crippen molar-refractivity contribution in [2.75, 3.05) is 25.7 Å². The van der Waals surface area contributed by atoms with Gasteiger partial charge in [0.05, 0.1) is 32.7 Å². The molecule has 0 bridgehead atoms. The van der Waals surface area contributed by atoms with Gasteiger partial charge in [-0.15, -0.1) is 0 Å². The van der Waals surface area contributed by atoms with Gasteiger partial charge in [-0.1, -0.05) is 35.9 Å². The highest BCUT2D eigenvalue weighted by atomic mass is 35.5. The van der Waals surface area contributed by atoms with E-state index in [4.69, 9.17) is 25.8 Å². The van der Waals surface area contributed by atoms with Crippen molar-refractivity contribution in [2.45, 2.75) is 20.0 Å². The van der Waals surface area contributed by atoms with Crippen molar-refractivity contribution in [3.05, 3.63) is 95.2 Å². The lowest BCUT2D eigenvalue weighted by Gasteiger charge is -2.23. The van der Waals surface area contributed by atoms with Crippen molar-refractivity contribution < 1.29 is 19.0 Å². The molecule has 3 heterocycles. The molecule has 0 N–H and O–H groups in total. The maximum Gasteiger partial charge on any atom is 0.358 e. The SMILES string of the molecule is CCOC(=O)c1cc2c(Cl)nc(-c3cnc(N(Cc4ccc(OC)cc4)Cc4ccc(OC)cc4)nc3)cn2n1. The van der Waals surface area contributed by atoms with E-state index < -0.39 is 5.97 Å². The standard InChI is InChI=1S/C29H27ClN6O4/c1-4-40-28(37)24-13-26-27(30)33-25(18-36(26)34-24)21-14-31-29(32-15-21)35(16-19-5-9-22(38-2)10-6-19)17-20-7-11-23(39-3)12-8-20/h5-15,18H,4,16-17H2,1-3H3. The number of halogens is 1. The Morgan fingerprint density at radius 2 is 1.50 bits per heavy atom. The molecule has 5 rings (SSSR count). The molecule has 0 amide bonds. The minimum absolute atomic E-state index is 0.155. The normalized spacial score (nSPS) is 10.9. The van der Waals surface area contributed by atoms with Gasteiger partial charge >= 0.3 is 5.97 Å². The van der Waals surface area contributed by atoms with Gasteiger partial charge in [0.1, 0.15) is 17.0 Å². The van der Waals surface area contributed by atoms with Crippen LogP contribution in [0, 0.1) is 0 Å². The largest absolute Gasteiger partial charge is 0.497 e. The highest BCUT2D eigenvalue weighted by Gasteiger charge is 2.17. The molecule has 40 heavy (non-hydrogen) atoms. The lowest BCUT2D eigenvalue weighted by Crippen LogP contribution is -2.24. The molecule has 2 aromatic carbocycles. The predicted octanol–water partition coefficient (Wildman–Crippen LogP) is 5.24. The van der Waals surface area contributed by atoms with Gasteiger partial charge in [-0.2, -0.15) is 5.10 Å². The Morgan fingerprint density at radius 1 is 0.925 bits per heavy atom. The number of hydrogen-bond acceptors (Lipinski definition) is 9. The summed E-state index contributed by atoms with van der Waals surface area (Å²) in [6.07, 6.45) is 5.06. The van der Waals surface area contributed by atoms with E-state index in [9.17, 15) is 4.79 Å². The maximum atomic E-state index is 12.1. The van der Waals surface area contributed by atoms with E-state index in [-0.39, 0.29) is 17.5 Å². The molecule has 3 aromatic heterocycles. The zero-order chi connectivity index (χ0) is 28.1. The Balaban J connectivity index is 1.43. The number of esters is 1. The molecule has 11 heteroatoms. The van der Waals surface area contributed by atoms with Crippen LogP contribution in [0.2, 0.25) is 5.15 Å². The first-order valence-corrected chi connectivity index (χ1v) is 12.9. The third-order valence-electron chi connectivity index (χ3n) is 6.18. The summed E-state index contributed by atoms with van der Waals surface area (Å²) in [6.45, 7) is 3.14. The highest BCUT2D eigenvalue weighted by molar-refractivity contribution is 6.32. The average molecular weight is 559 g/mol. The fourth-order valence-corrected chi connectivity index (χ4v) is 4.35. The number of benzene rings is 2. The van der Waals surface area contributed by atoms with Gasteiger partial charge in [-0.3, -0.25) is 0 Å². The number of carbonyl (C=O) groups excluding carboxylic acids is 1. The lowest BCUT2D eigenvalue weighted by molar-refractivity contribution is 0.0519. The summed E-state index contributed by atoms with van der Waals surface area (Å²) >= 11 is 6.42. The monoisotopic (exact) mass is 558 g/mol. The minimum atomic E-state index is -0.523. The van der Waals surface area contributed by atoms with Crippen molar-refractivity contribution in [1.29, 1.82) is 0 Å². The Kier molecular flexibility index (Phi) is 8.07. The molecular formula is C29H27ClN6O4. The third-order valence-corrected chi connectivity index (χ3v) is 6.45. The molecule has 0 aliphatic heterocycles. The van der Waals surface area contributed by atoms with E-state index in [1.54, 1.807) is 45.8 Å². The number of anilines is 1. The van der Waals surface area contributed by atoms with Crippen LogP contribution >= 0.6 is 11.6 Å². The molecule has 0 radical (unpaired) electrons. The van der Waals surface area contributed by atoms with Crippen LogP contribution in [0.25, 0.3) is 16.8 Å². The summed E-state index contributed by atoms with van der Waals surface area (Å²) in [6, 6.07) is 17.3. The van der Waals surface area contributed by atoms with Crippen LogP contribution in [-0.2, 0) is 17.8 Å². The van der Waals surface area contributed by atoms with Crippen molar-refractivity contribution in [1.82, 2.24) is 24.6 Å². The van der Waals surface area contributed by atoms with E-state index >= 15 is 0 Å². The van der Waals surface area contributed by atoms with Gasteiger partial charge in [0.25, 0.3) is 0 Å². The molecule has 0 saturated heterocycles. The van der Waals surface area contributed by atoms with Gasteiger partial charge in [-0.05, 0) is 42.3 Å². The first-order chi connectivity index (χ1) is 19.5. The van der Waals surface area contributed by atoms with Gasteiger partial charge < -0.3 is 19.1 Å². The Morgan fingerprint density at radius 3 is 2.02 bits per heavy atom. The van der Waals surface area contributed by atoms with Crippen molar-refractivity contribution in [2.24, 2.45) is 0 Å². The highest BCUT2D eigenvalue weighted by Crippen LogP contribution is 2.25. The van der Waals surface area contributed by atoms with E-state index in [0.29, 0.717) is 35.8 Å². The number of hydrogen-bond donors (Lipinski definition) is 0. The maximum absolute atomic E-state index is 12.1. The molecule has 0 saturated carbocycles. The van der Waals surface area contributed by atoms with E-state index in [1.807, 2.05) is 48.5 Å². The number of fused-ring (bicyclic) bond motifs is 1.